The molecule has 7 heavy (non-hydrogen) atoms. The molecule has 1 nitrogen and oxygen atoms in total. The Morgan fingerprint density at radius 3 is 1.14 bits per heavy atom. The van der Waals surface area contributed by atoms with Crippen LogP contribution in [0.3, 0.4) is 0 Å². The Morgan fingerprint density at radius 2 is 1.14 bits per heavy atom. The van der Waals surface area contributed by atoms with Crippen molar-refractivity contribution in [1.82, 2.24) is 5.32 Å². The van der Waals surface area contributed by atoms with Crippen molar-refractivity contribution >= 4 is 67.8 Å². The first-order chi connectivity index (χ1) is 3.15. The lowest BCUT2D eigenvalue weighted by molar-refractivity contribution is 1.02. The van der Waals surface area contributed by atoms with Crippen molar-refractivity contribution in [1.29, 1.82) is 0 Å². The Morgan fingerprint density at radius 1 is 1.14 bits per heavy atom. The molecule has 4 heteroatoms. The largest absolute Gasteiger partial charge is 0.323 e. The van der Waals surface area contributed by atoms with E-state index in [9.17, 15) is 0 Å². The number of rotatable bonds is 0. The number of hydrogen-bond donors (Lipinski definition) is 1. The van der Waals surface area contributed by atoms with E-state index < -0.39 is 0 Å². The zero-order chi connectivity index (χ0) is 6.28. The molecule has 0 saturated carbocycles. The summed E-state index contributed by atoms with van der Waals surface area (Å²) in [7, 11) is 3.75. The maximum absolute atomic E-state index is 2.75. The van der Waals surface area contributed by atoms with Crippen molar-refractivity contribution in [2.45, 2.75) is -0.0619 Å². The van der Waals surface area contributed by atoms with Crippen molar-refractivity contribution < 1.29 is 0 Å². The zero-order valence-corrected chi connectivity index (χ0v) is 10.7. The summed E-state index contributed by atoms with van der Waals surface area (Å²) in [6.45, 7) is 0. The zero-order valence-electron chi connectivity index (χ0n) is 4.21. The van der Waals surface area contributed by atoms with Gasteiger partial charge in [0, 0.05) is 0 Å². The van der Waals surface area contributed by atoms with Crippen LogP contribution >= 0.6 is 67.8 Å². The first-order valence-corrected chi connectivity index (χ1v) is 5.39. The van der Waals surface area contributed by atoms with Crippen molar-refractivity contribution in [3.8, 4) is 0 Å². The van der Waals surface area contributed by atoms with Gasteiger partial charge in [0.15, 0.2) is 0 Å². The minimum absolute atomic E-state index is 0.743. The average Bonchev–Trinajstić information content (AvgIpc) is 1.33. The van der Waals surface area contributed by atoms with Crippen molar-refractivity contribution in [2.24, 2.45) is 0 Å². The standard InChI is InChI=1S/C2H7N.CHI3/c1-3-2;2-1(3)4/h3H,1-2H3;1H. The highest BCUT2D eigenvalue weighted by Crippen LogP contribution is 2.16. The van der Waals surface area contributed by atoms with Crippen molar-refractivity contribution in [3.63, 3.8) is 0 Å². The first-order valence-electron chi connectivity index (χ1n) is 1.65. The summed E-state index contributed by atoms with van der Waals surface area (Å²) >= 11 is 6.95. The van der Waals surface area contributed by atoms with E-state index in [4.69, 9.17) is 0 Å². The highest BCUT2D eigenvalue weighted by molar-refractivity contribution is 14.3. The quantitative estimate of drug-likeness (QED) is 0.452. The Kier molecular flexibility index (Phi) is 18.7. The second kappa shape index (κ2) is 11.0. The van der Waals surface area contributed by atoms with Gasteiger partial charge < -0.3 is 5.32 Å². The molecule has 0 aliphatic carbocycles. The van der Waals surface area contributed by atoms with E-state index in [1.165, 1.54) is 0 Å². The molecule has 0 spiro atoms. The second-order valence-electron chi connectivity index (χ2n) is 0.747. The summed E-state index contributed by atoms with van der Waals surface area (Å²) in [4.78, 5) is 0. The van der Waals surface area contributed by atoms with Crippen LogP contribution in [0.2, 0.25) is 0 Å². The SMILES string of the molecule is CNC.IC(I)I. The Labute approximate surface area is 85.8 Å². The molecule has 0 bridgehead atoms. The van der Waals surface area contributed by atoms with Crippen LogP contribution in [0.15, 0.2) is 0 Å². The molecule has 0 radical (unpaired) electrons. The lowest BCUT2D eigenvalue weighted by atomic mass is 11.3. The summed E-state index contributed by atoms with van der Waals surface area (Å²) in [6.07, 6.45) is 0. The Hall–Kier alpha value is 2.15. The van der Waals surface area contributed by atoms with Crippen LogP contribution in [0.1, 0.15) is 0 Å². The van der Waals surface area contributed by atoms with Crippen LogP contribution in [0.25, 0.3) is 0 Å². The summed E-state index contributed by atoms with van der Waals surface area (Å²) in [5, 5.41) is 2.75. The van der Waals surface area contributed by atoms with E-state index >= 15 is 0 Å². The predicted octanol–water partition coefficient (Wildman–Crippen LogP) is 2.41. The van der Waals surface area contributed by atoms with E-state index in [1.54, 1.807) is 0 Å². The van der Waals surface area contributed by atoms with Gasteiger partial charge in [0.1, 0.15) is -0.0619 Å². The lowest BCUT2D eigenvalue weighted by Gasteiger charge is -1.71. The molecular formula is C3H8I3N. The smallest absolute Gasteiger partial charge is 0.114 e. The van der Waals surface area contributed by atoms with Crippen LogP contribution in [-0.2, 0) is 0 Å². The molecule has 0 atom stereocenters. The van der Waals surface area contributed by atoms with Gasteiger partial charge >= 0.3 is 0 Å². The van der Waals surface area contributed by atoms with E-state index in [0.717, 1.165) is -0.0619 Å². The van der Waals surface area contributed by atoms with Gasteiger partial charge in [0.25, 0.3) is 0 Å². The molecule has 0 aromatic rings. The molecule has 0 aromatic heterocycles. The molecule has 0 aliphatic rings. The molecule has 0 saturated heterocycles. The van der Waals surface area contributed by atoms with Gasteiger partial charge in [-0.2, -0.15) is 0 Å². The van der Waals surface area contributed by atoms with Crippen LogP contribution in [0, 0.1) is 0 Å². The van der Waals surface area contributed by atoms with Gasteiger partial charge in [-0.05, 0) is 14.1 Å². The monoisotopic (exact) mass is 439 g/mol. The summed E-state index contributed by atoms with van der Waals surface area (Å²) < 4.78 is 0.743. The van der Waals surface area contributed by atoms with Gasteiger partial charge in [0.2, 0.25) is 0 Å². The van der Waals surface area contributed by atoms with Crippen LogP contribution in [-0.4, -0.2) is 14.0 Å². The molecule has 0 fully saturated rings. The summed E-state index contributed by atoms with van der Waals surface area (Å²) in [5.41, 5.74) is 0. The number of alkyl halides is 3. The molecule has 0 aromatic carbocycles. The predicted molar refractivity (Wildman–Crippen MR) is 60.8 cm³/mol. The third-order valence-corrected chi connectivity index (χ3v) is 0. The molecule has 0 amide bonds. The van der Waals surface area contributed by atoms with Gasteiger partial charge in [-0.3, -0.25) is 0 Å². The van der Waals surface area contributed by atoms with Crippen LogP contribution < -0.4 is 5.32 Å². The molecular weight excluding hydrogens is 431 g/mol. The Bertz CT molecular complexity index is 21.4. The topological polar surface area (TPSA) is 12.0 Å². The second-order valence-corrected chi connectivity index (χ2v) is 11.6. The maximum atomic E-state index is 2.75. The molecule has 0 heterocycles. The molecule has 0 unspecified atom stereocenters. The average molecular weight is 439 g/mol. The molecule has 0 aliphatic heterocycles. The molecule has 0 rings (SSSR count). The van der Waals surface area contributed by atoms with Gasteiger partial charge in [-0.1, -0.05) is 67.8 Å². The van der Waals surface area contributed by atoms with Gasteiger partial charge in [0.05, 0.1) is 0 Å². The summed E-state index contributed by atoms with van der Waals surface area (Å²) in [5.74, 6) is 0. The summed E-state index contributed by atoms with van der Waals surface area (Å²) in [6, 6.07) is 0. The van der Waals surface area contributed by atoms with Gasteiger partial charge in [-0.25, -0.2) is 0 Å². The van der Waals surface area contributed by atoms with Crippen molar-refractivity contribution in [3.05, 3.63) is 0 Å². The van der Waals surface area contributed by atoms with E-state index in [-0.39, 0.29) is 0 Å². The lowest BCUT2D eigenvalue weighted by Crippen LogP contribution is -1.89. The molecule has 1 N–H and O–H groups in total. The number of halogens is 3. The fraction of sp³-hybridized carbons (Fsp3) is 1.00. The number of nitrogens with one attached hydrogen (secondary N) is 1. The van der Waals surface area contributed by atoms with Gasteiger partial charge in [-0.15, -0.1) is 0 Å². The van der Waals surface area contributed by atoms with E-state index in [0.29, 0.717) is 0 Å². The van der Waals surface area contributed by atoms with Crippen LogP contribution in [0.5, 0.6) is 0 Å². The first kappa shape index (κ1) is 11.9. The minimum atomic E-state index is 0.743. The number of hydrogen-bond acceptors (Lipinski definition) is 1. The maximum Gasteiger partial charge on any atom is 0.114 e. The minimum Gasteiger partial charge on any atom is -0.323 e. The van der Waals surface area contributed by atoms with E-state index in [1.807, 2.05) is 14.1 Å². The highest BCUT2D eigenvalue weighted by atomic mass is 127. The normalized spacial score (nSPS) is 7.71. The molecule has 46 valence electrons. The third-order valence-electron chi connectivity index (χ3n) is 0. The highest BCUT2D eigenvalue weighted by Gasteiger charge is 1.76. The fourth-order valence-electron chi connectivity index (χ4n) is 0. The Balaban J connectivity index is 0. The third kappa shape index (κ3) is 66.7. The van der Waals surface area contributed by atoms with Crippen molar-refractivity contribution in [2.75, 3.05) is 14.1 Å². The van der Waals surface area contributed by atoms with E-state index in [2.05, 4.69) is 73.1 Å². The van der Waals surface area contributed by atoms with Crippen LogP contribution in [0.4, 0.5) is 0 Å². The fourth-order valence-corrected chi connectivity index (χ4v) is 0.